The average Bonchev–Trinajstić information content (AvgIpc) is 2.68. The molecule has 2 amide bonds. The number of carbonyl (C=O) groups excluding carboxylic acids is 2. The summed E-state index contributed by atoms with van der Waals surface area (Å²) in [4.78, 5) is 25.9. The molecule has 0 spiro atoms. The topological polar surface area (TPSA) is 70.7 Å². The molecule has 1 unspecified atom stereocenters. The van der Waals surface area contributed by atoms with E-state index >= 15 is 0 Å². The fourth-order valence-electron chi connectivity index (χ4n) is 2.77. The van der Waals surface area contributed by atoms with E-state index in [1.807, 2.05) is 61.6 Å². The quantitative estimate of drug-likeness (QED) is 0.713. The van der Waals surface area contributed by atoms with Crippen LogP contribution in [0.4, 0.5) is 5.69 Å². The molecular weight excluding hydrogens is 342 g/mol. The van der Waals surface area contributed by atoms with E-state index < -0.39 is 0 Å². The van der Waals surface area contributed by atoms with Crippen molar-refractivity contribution in [3.63, 3.8) is 0 Å². The molecule has 0 aromatic heterocycles. The number of hydrogen-bond donors (Lipinski definition) is 2. The zero-order valence-electron chi connectivity index (χ0n) is 16.1. The Labute approximate surface area is 160 Å². The minimum atomic E-state index is -0.375. The number of methoxy groups -OCH3 is 1. The van der Waals surface area contributed by atoms with Gasteiger partial charge in [-0.1, -0.05) is 30.3 Å². The van der Waals surface area contributed by atoms with Crippen molar-refractivity contribution in [3.05, 3.63) is 60.2 Å². The first-order chi connectivity index (χ1) is 13.0. The molecule has 0 aliphatic rings. The SMILES string of the molecule is COc1ccc(C(CC(=O)NCCN(C)c2ccccc2)NC(C)=O)cc1. The molecule has 0 radical (unpaired) electrons. The molecule has 2 aromatic rings. The van der Waals surface area contributed by atoms with E-state index in [2.05, 4.69) is 15.5 Å². The summed E-state index contributed by atoms with van der Waals surface area (Å²) in [5, 5.41) is 5.76. The van der Waals surface area contributed by atoms with Crippen LogP contribution in [0.15, 0.2) is 54.6 Å². The summed E-state index contributed by atoms with van der Waals surface area (Å²) in [6, 6.07) is 17.0. The maximum atomic E-state index is 12.3. The monoisotopic (exact) mass is 369 g/mol. The Balaban J connectivity index is 1.88. The third-order valence-electron chi connectivity index (χ3n) is 4.25. The van der Waals surface area contributed by atoms with Gasteiger partial charge in [0, 0.05) is 32.7 Å². The maximum absolute atomic E-state index is 12.3. The molecule has 0 aliphatic heterocycles. The van der Waals surface area contributed by atoms with Gasteiger partial charge in [-0.3, -0.25) is 9.59 Å². The second kappa shape index (κ2) is 10.2. The van der Waals surface area contributed by atoms with E-state index in [0.29, 0.717) is 13.1 Å². The first-order valence-corrected chi connectivity index (χ1v) is 8.93. The van der Waals surface area contributed by atoms with Crippen LogP contribution >= 0.6 is 0 Å². The molecule has 27 heavy (non-hydrogen) atoms. The molecular formula is C21H27N3O3. The van der Waals surface area contributed by atoms with Gasteiger partial charge >= 0.3 is 0 Å². The van der Waals surface area contributed by atoms with Crippen LogP contribution < -0.4 is 20.3 Å². The Morgan fingerprint density at radius 1 is 1.07 bits per heavy atom. The van der Waals surface area contributed by atoms with Crippen LogP contribution in [0.2, 0.25) is 0 Å². The third-order valence-corrected chi connectivity index (χ3v) is 4.25. The number of nitrogens with one attached hydrogen (secondary N) is 2. The van der Waals surface area contributed by atoms with Gasteiger partial charge in [0.05, 0.1) is 19.6 Å². The van der Waals surface area contributed by atoms with E-state index in [9.17, 15) is 9.59 Å². The van der Waals surface area contributed by atoms with Crippen LogP contribution in [0, 0.1) is 0 Å². The first kappa shape index (κ1) is 20.3. The molecule has 0 saturated carbocycles. The molecule has 1 atom stereocenters. The van der Waals surface area contributed by atoms with Crippen molar-refractivity contribution in [2.75, 3.05) is 32.1 Å². The van der Waals surface area contributed by atoms with Crippen molar-refractivity contribution in [3.8, 4) is 5.75 Å². The van der Waals surface area contributed by atoms with Gasteiger partial charge in [-0.2, -0.15) is 0 Å². The normalized spacial score (nSPS) is 11.4. The van der Waals surface area contributed by atoms with E-state index in [-0.39, 0.29) is 24.3 Å². The van der Waals surface area contributed by atoms with Crippen LogP contribution in [-0.2, 0) is 9.59 Å². The number of hydrogen-bond acceptors (Lipinski definition) is 4. The number of nitrogens with zero attached hydrogens (tertiary/aromatic N) is 1. The van der Waals surface area contributed by atoms with Gasteiger partial charge in [0.2, 0.25) is 11.8 Å². The molecule has 6 nitrogen and oxygen atoms in total. The Kier molecular flexibility index (Phi) is 7.67. The maximum Gasteiger partial charge on any atom is 0.222 e. The lowest BCUT2D eigenvalue weighted by atomic mass is 10.0. The predicted molar refractivity (Wildman–Crippen MR) is 107 cm³/mol. The number of ether oxygens (including phenoxy) is 1. The molecule has 2 aromatic carbocycles. The van der Waals surface area contributed by atoms with Crippen molar-refractivity contribution in [1.82, 2.24) is 10.6 Å². The number of likely N-dealkylation sites (N-methyl/N-ethyl adjacent to an activating group) is 1. The van der Waals surface area contributed by atoms with Crippen LogP contribution in [-0.4, -0.2) is 39.1 Å². The lowest BCUT2D eigenvalue weighted by molar-refractivity contribution is -0.122. The van der Waals surface area contributed by atoms with Crippen LogP contribution in [0.1, 0.15) is 24.9 Å². The molecule has 0 aliphatic carbocycles. The van der Waals surface area contributed by atoms with Crippen LogP contribution in [0.25, 0.3) is 0 Å². The smallest absolute Gasteiger partial charge is 0.222 e. The van der Waals surface area contributed by atoms with E-state index in [1.165, 1.54) is 6.92 Å². The highest BCUT2D eigenvalue weighted by Crippen LogP contribution is 2.20. The molecule has 0 bridgehead atoms. The van der Waals surface area contributed by atoms with Gasteiger partial charge in [-0.25, -0.2) is 0 Å². The van der Waals surface area contributed by atoms with Crippen molar-refractivity contribution >= 4 is 17.5 Å². The summed E-state index contributed by atoms with van der Waals surface area (Å²) in [6.45, 7) is 2.67. The predicted octanol–water partition coefficient (Wildman–Crippen LogP) is 2.52. The van der Waals surface area contributed by atoms with Crippen molar-refractivity contribution in [2.24, 2.45) is 0 Å². The van der Waals surface area contributed by atoms with Crippen molar-refractivity contribution in [1.29, 1.82) is 0 Å². The molecule has 2 N–H and O–H groups in total. The minimum Gasteiger partial charge on any atom is -0.497 e. The van der Waals surface area contributed by atoms with Gasteiger partial charge in [-0.05, 0) is 29.8 Å². The van der Waals surface area contributed by atoms with Gasteiger partial charge in [0.25, 0.3) is 0 Å². The highest BCUT2D eigenvalue weighted by atomic mass is 16.5. The minimum absolute atomic E-state index is 0.106. The molecule has 0 heterocycles. The largest absolute Gasteiger partial charge is 0.497 e. The number of para-hydroxylation sites is 1. The molecule has 0 fully saturated rings. The van der Waals surface area contributed by atoms with Gasteiger partial charge < -0.3 is 20.3 Å². The lowest BCUT2D eigenvalue weighted by Crippen LogP contribution is -2.36. The lowest BCUT2D eigenvalue weighted by Gasteiger charge is -2.21. The van der Waals surface area contributed by atoms with Crippen LogP contribution in [0.5, 0.6) is 5.75 Å². The first-order valence-electron chi connectivity index (χ1n) is 8.93. The number of amides is 2. The summed E-state index contributed by atoms with van der Waals surface area (Å²) in [5.74, 6) is 0.451. The van der Waals surface area contributed by atoms with E-state index in [0.717, 1.165) is 17.0 Å². The Morgan fingerprint density at radius 3 is 2.33 bits per heavy atom. The van der Waals surface area contributed by atoms with Gasteiger partial charge in [0.15, 0.2) is 0 Å². The number of carbonyl (C=O) groups is 2. The summed E-state index contributed by atoms with van der Waals surface area (Å²) in [7, 11) is 3.58. The van der Waals surface area contributed by atoms with Gasteiger partial charge in [0.1, 0.15) is 5.75 Å². The summed E-state index contributed by atoms with van der Waals surface area (Å²) in [6.07, 6.45) is 0.182. The van der Waals surface area contributed by atoms with E-state index in [1.54, 1.807) is 7.11 Å². The second-order valence-electron chi connectivity index (χ2n) is 6.34. The highest BCUT2D eigenvalue weighted by molar-refractivity contribution is 5.79. The Hall–Kier alpha value is -3.02. The number of benzene rings is 2. The fourth-order valence-corrected chi connectivity index (χ4v) is 2.77. The Morgan fingerprint density at radius 2 is 1.74 bits per heavy atom. The second-order valence-corrected chi connectivity index (χ2v) is 6.34. The van der Waals surface area contributed by atoms with E-state index in [4.69, 9.17) is 4.74 Å². The Bertz CT molecular complexity index is 732. The zero-order valence-corrected chi connectivity index (χ0v) is 16.1. The molecule has 2 rings (SSSR count). The van der Waals surface area contributed by atoms with Gasteiger partial charge in [-0.15, -0.1) is 0 Å². The molecule has 6 heteroatoms. The van der Waals surface area contributed by atoms with Crippen molar-refractivity contribution in [2.45, 2.75) is 19.4 Å². The number of anilines is 1. The number of rotatable bonds is 9. The third kappa shape index (κ3) is 6.66. The zero-order chi connectivity index (χ0) is 19.6. The average molecular weight is 369 g/mol. The summed E-state index contributed by atoms with van der Waals surface area (Å²) in [5.41, 5.74) is 1.96. The van der Waals surface area contributed by atoms with Crippen LogP contribution in [0.3, 0.4) is 0 Å². The summed E-state index contributed by atoms with van der Waals surface area (Å²) >= 11 is 0. The highest BCUT2D eigenvalue weighted by Gasteiger charge is 2.17. The van der Waals surface area contributed by atoms with Crippen molar-refractivity contribution < 1.29 is 14.3 Å². The molecule has 144 valence electrons. The summed E-state index contributed by atoms with van der Waals surface area (Å²) < 4.78 is 5.15. The fraction of sp³-hybridized carbons (Fsp3) is 0.333. The standard InChI is InChI=1S/C21H27N3O3/c1-16(25)23-20(17-9-11-19(27-3)12-10-17)15-21(26)22-13-14-24(2)18-7-5-4-6-8-18/h4-12,20H,13-15H2,1-3H3,(H,22,26)(H,23,25). The molecule has 0 saturated heterocycles.